The lowest BCUT2D eigenvalue weighted by Crippen LogP contribution is -2.31. The van der Waals surface area contributed by atoms with E-state index in [1.165, 1.54) is 11.1 Å². The monoisotopic (exact) mass is 284 g/mol. The summed E-state index contributed by atoms with van der Waals surface area (Å²) in [5.74, 6) is 0.637. The maximum atomic E-state index is 5.81. The summed E-state index contributed by atoms with van der Waals surface area (Å²) in [4.78, 5) is 0. The van der Waals surface area contributed by atoms with Gasteiger partial charge in [0.2, 0.25) is 0 Å². The van der Waals surface area contributed by atoms with Crippen LogP contribution in [0.2, 0.25) is 0 Å². The zero-order chi connectivity index (χ0) is 12.1. The van der Waals surface area contributed by atoms with Gasteiger partial charge in [0.15, 0.2) is 0 Å². The van der Waals surface area contributed by atoms with Crippen molar-refractivity contribution in [3.05, 3.63) is 33.8 Å². The molecule has 1 aromatic rings. The molecule has 0 aliphatic rings. The molecule has 0 fully saturated rings. The zero-order valence-corrected chi connectivity index (χ0v) is 11.8. The molecule has 0 radical (unpaired) electrons. The summed E-state index contributed by atoms with van der Waals surface area (Å²) in [7, 11) is 0. The zero-order valence-electron chi connectivity index (χ0n) is 10.3. The van der Waals surface area contributed by atoms with E-state index in [4.69, 9.17) is 5.73 Å². The first kappa shape index (κ1) is 13.7. The third-order valence-electron chi connectivity index (χ3n) is 2.54. The summed E-state index contributed by atoms with van der Waals surface area (Å²) in [5.41, 5.74) is 8.32. The Labute approximate surface area is 107 Å². The fraction of sp³-hybridized carbons (Fsp3) is 0.538. The topological polar surface area (TPSA) is 38.0 Å². The van der Waals surface area contributed by atoms with Gasteiger partial charge in [0.1, 0.15) is 0 Å². The summed E-state index contributed by atoms with van der Waals surface area (Å²) in [6.07, 6.45) is 0. The lowest BCUT2D eigenvalue weighted by molar-refractivity contribution is 0.478. The highest BCUT2D eigenvalue weighted by Crippen LogP contribution is 2.24. The number of nitrogens with two attached hydrogens (primary N) is 1. The summed E-state index contributed by atoms with van der Waals surface area (Å²) in [6.45, 7) is 8.10. The summed E-state index contributed by atoms with van der Waals surface area (Å²) in [5, 5.41) is 3.49. The van der Waals surface area contributed by atoms with Crippen molar-refractivity contribution in [2.24, 2.45) is 11.7 Å². The number of benzene rings is 1. The number of rotatable bonds is 5. The average molecular weight is 285 g/mol. The summed E-state index contributed by atoms with van der Waals surface area (Å²) < 4.78 is 1.14. The second kappa shape index (κ2) is 6.38. The minimum Gasteiger partial charge on any atom is -0.329 e. The molecule has 0 saturated carbocycles. The minimum atomic E-state index is 0.234. The van der Waals surface area contributed by atoms with E-state index in [1.807, 2.05) is 0 Å². The highest BCUT2D eigenvalue weighted by atomic mass is 79.9. The molecule has 0 spiro atoms. The predicted octanol–water partition coefficient (Wildman–Crippen LogP) is 3.00. The van der Waals surface area contributed by atoms with E-state index < -0.39 is 0 Å². The molecule has 1 rings (SSSR count). The fourth-order valence-electron chi connectivity index (χ4n) is 1.61. The second-order valence-corrected chi connectivity index (χ2v) is 5.47. The van der Waals surface area contributed by atoms with E-state index in [-0.39, 0.29) is 6.04 Å². The number of nitrogens with one attached hydrogen (secondary N) is 1. The van der Waals surface area contributed by atoms with Gasteiger partial charge in [0.25, 0.3) is 0 Å². The molecule has 90 valence electrons. The summed E-state index contributed by atoms with van der Waals surface area (Å²) >= 11 is 3.60. The molecule has 0 aliphatic heterocycles. The summed E-state index contributed by atoms with van der Waals surface area (Å²) in [6, 6.07) is 6.64. The first-order valence-electron chi connectivity index (χ1n) is 5.74. The van der Waals surface area contributed by atoms with Crippen molar-refractivity contribution in [2.75, 3.05) is 13.1 Å². The predicted molar refractivity (Wildman–Crippen MR) is 73.5 cm³/mol. The van der Waals surface area contributed by atoms with Gasteiger partial charge in [0.05, 0.1) is 0 Å². The van der Waals surface area contributed by atoms with Gasteiger partial charge >= 0.3 is 0 Å². The van der Waals surface area contributed by atoms with Crippen molar-refractivity contribution in [3.63, 3.8) is 0 Å². The van der Waals surface area contributed by atoms with Crippen LogP contribution in [0.5, 0.6) is 0 Å². The van der Waals surface area contributed by atoms with Crippen molar-refractivity contribution < 1.29 is 0 Å². The average Bonchev–Trinajstić information content (AvgIpc) is 2.21. The van der Waals surface area contributed by atoms with Gasteiger partial charge in [-0.1, -0.05) is 41.9 Å². The van der Waals surface area contributed by atoms with Crippen molar-refractivity contribution >= 4 is 15.9 Å². The first-order valence-corrected chi connectivity index (χ1v) is 6.53. The molecule has 0 saturated heterocycles. The van der Waals surface area contributed by atoms with Crippen LogP contribution in [0.15, 0.2) is 22.7 Å². The molecular weight excluding hydrogens is 264 g/mol. The molecule has 3 heteroatoms. The molecule has 2 nitrogen and oxygen atoms in total. The van der Waals surface area contributed by atoms with E-state index >= 15 is 0 Å². The van der Waals surface area contributed by atoms with Crippen LogP contribution in [-0.2, 0) is 0 Å². The van der Waals surface area contributed by atoms with Gasteiger partial charge in [-0.3, -0.25) is 0 Å². The lowest BCUT2D eigenvalue weighted by atomic mass is 10.0. The van der Waals surface area contributed by atoms with E-state index in [0.29, 0.717) is 12.5 Å². The van der Waals surface area contributed by atoms with Crippen LogP contribution in [0.3, 0.4) is 0 Å². The van der Waals surface area contributed by atoms with Crippen molar-refractivity contribution in [1.29, 1.82) is 0 Å². The van der Waals surface area contributed by atoms with Gasteiger partial charge in [-0.05, 0) is 36.6 Å². The van der Waals surface area contributed by atoms with E-state index in [2.05, 4.69) is 60.2 Å². The maximum Gasteiger partial charge on any atom is 0.0455 e. The maximum absolute atomic E-state index is 5.81. The Balaban J connectivity index is 2.78. The van der Waals surface area contributed by atoms with E-state index in [1.54, 1.807) is 0 Å². The molecule has 16 heavy (non-hydrogen) atoms. The third-order valence-corrected chi connectivity index (χ3v) is 3.23. The van der Waals surface area contributed by atoms with Gasteiger partial charge in [-0.25, -0.2) is 0 Å². The van der Waals surface area contributed by atoms with Gasteiger partial charge in [-0.15, -0.1) is 0 Å². The molecular formula is C13H21BrN2. The molecule has 1 unspecified atom stereocenters. The molecule has 0 amide bonds. The quantitative estimate of drug-likeness (QED) is 0.872. The fourth-order valence-corrected chi connectivity index (χ4v) is 2.38. The van der Waals surface area contributed by atoms with Crippen LogP contribution in [-0.4, -0.2) is 13.1 Å². The number of hydrogen-bond donors (Lipinski definition) is 2. The number of aryl methyl sites for hydroxylation is 1. The smallest absolute Gasteiger partial charge is 0.0455 e. The van der Waals surface area contributed by atoms with Gasteiger partial charge in [0, 0.05) is 17.1 Å². The Morgan fingerprint density at radius 1 is 1.38 bits per heavy atom. The molecule has 1 aromatic carbocycles. The van der Waals surface area contributed by atoms with E-state index in [0.717, 1.165) is 11.0 Å². The Bertz CT molecular complexity index is 337. The standard InChI is InChI=1S/C13H21BrN2/c1-9(2)8-16-13(7-15)11-5-4-10(3)6-12(11)14/h4-6,9,13,16H,7-8,15H2,1-3H3. The second-order valence-electron chi connectivity index (χ2n) is 4.62. The molecule has 0 bridgehead atoms. The highest BCUT2D eigenvalue weighted by Gasteiger charge is 2.12. The Kier molecular flexibility index (Phi) is 5.46. The largest absolute Gasteiger partial charge is 0.329 e. The lowest BCUT2D eigenvalue weighted by Gasteiger charge is -2.20. The number of halogens is 1. The van der Waals surface area contributed by atoms with Crippen LogP contribution in [0.4, 0.5) is 0 Å². The normalized spacial score (nSPS) is 13.1. The molecule has 0 aromatic heterocycles. The SMILES string of the molecule is Cc1ccc(C(CN)NCC(C)C)c(Br)c1. The van der Waals surface area contributed by atoms with Crippen LogP contribution < -0.4 is 11.1 Å². The van der Waals surface area contributed by atoms with Crippen LogP contribution >= 0.6 is 15.9 Å². The highest BCUT2D eigenvalue weighted by molar-refractivity contribution is 9.10. The van der Waals surface area contributed by atoms with Crippen molar-refractivity contribution in [2.45, 2.75) is 26.8 Å². The molecule has 3 N–H and O–H groups in total. The van der Waals surface area contributed by atoms with E-state index in [9.17, 15) is 0 Å². The first-order chi connectivity index (χ1) is 7.54. The Morgan fingerprint density at radius 2 is 2.06 bits per heavy atom. The van der Waals surface area contributed by atoms with Crippen molar-refractivity contribution in [3.8, 4) is 0 Å². The van der Waals surface area contributed by atoms with Crippen LogP contribution in [0.1, 0.15) is 31.0 Å². The van der Waals surface area contributed by atoms with Crippen molar-refractivity contribution in [1.82, 2.24) is 5.32 Å². The minimum absolute atomic E-state index is 0.234. The molecule has 0 heterocycles. The van der Waals surface area contributed by atoms with Gasteiger partial charge < -0.3 is 11.1 Å². The molecule has 0 aliphatic carbocycles. The Hall–Kier alpha value is -0.380. The molecule has 1 atom stereocenters. The number of hydrogen-bond acceptors (Lipinski definition) is 2. The van der Waals surface area contributed by atoms with Gasteiger partial charge in [-0.2, -0.15) is 0 Å². The third kappa shape index (κ3) is 3.89. The van der Waals surface area contributed by atoms with Crippen LogP contribution in [0.25, 0.3) is 0 Å². The Morgan fingerprint density at radius 3 is 2.56 bits per heavy atom. The van der Waals surface area contributed by atoms with Crippen LogP contribution in [0, 0.1) is 12.8 Å².